The van der Waals surface area contributed by atoms with Crippen LogP contribution < -0.4 is 10.1 Å². The molecule has 4 nitrogen and oxygen atoms in total. The molecule has 2 aromatic rings. The van der Waals surface area contributed by atoms with E-state index in [4.69, 9.17) is 4.74 Å². The average Bonchev–Trinajstić information content (AvgIpc) is 2.54. The molecule has 1 saturated heterocycles. The smallest absolute Gasteiger partial charge is 0.145 e. The molecule has 0 amide bonds. The van der Waals surface area contributed by atoms with Crippen molar-refractivity contribution in [3.05, 3.63) is 28.8 Å². The van der Waals surface area contributed by atoms with E-state index in [1.54, 1.807) is 7.11 Å². The standard InChI is InChI=1S/C11H12BrN3O/c1-16-8-3-2-4-15-9(8)10(12)14-11(15)7-5-13-6-7/h2-4,7,13H,5-6H2,1H3. The molecule has 1 fully saturated rings. The molecule has 16 heavy (non-hydrogen) atoms. The van der Waals surface area contributed by atoms with Crippen molar-refractivity contribution in [1.29, 1.82) is 0 Å². The molecule has 0 saturated carbocycles. The Bertz CT molecular complexity index is 533. The summed E-state index contributed by atoms with van der Waals surface area (Å²) in [4.78, 5) is 4.58. The van der Waals surface area contributed by atoms with Crippen molar-refractivity contribution in [2.24, 2.45) is 0 Å². The van der Waals surface area contributed by atoms with E-state index in [2.05, 4.69) is 30.6 Å². The lowest BCUT2D eigenvalue weighted by Crippen LogP contribution is -2.40. The topological polar surface area (TPSA) is 38.6 Å². The van der Waals surface area contributed by atoms with E-state index in [-0.39, 0.29) is 0 Å². The van der Waals surface area contributed by atoms with Crippen LogP contribution in [0.3, 0.4) is 0 Å². The number of nitrogens with one attached hydrogen (secondary N) is 1. The molecule has 1 N–H and O–H groups in total. The van der Waals surface area contributed by atoms with E-state index in [0.29, 0.717) is 5.92 Å². The minimum atomic E-state index is 0.505. The maximum atomic E-state index is 5.35. The molecule has 0 aliphatic carbocycles. The molecular formula is C11H12BrN3O. The highest BCUT2D eigenvalue weighted by Crippen LogP contribution is 2.31. The largest absolute Gasteiger partial charge is 0.494 e. The minimum Gasteiger partial charge on any atom is -0.494 e. The van der Waals surface area contributed by atoms with Gasteiger partial charge in [0.1, 0.15) is 21.7 Å². The molecule has 5 heteroatoms. The molecule has 84 valence electrons. The number of fused-ring (bicyclic) bond motifs is 1. The fraction of sp³-hybridized carbons (Fsp3) is 0.364. The van der Waals surface area contributed by atoms with Gasteiger partial charge in [-0.3, -0.25) is 4.40 Å². The molecular weight excluding hydrogens is 270 g/mol. The first-order chi connectivity index (χ1) is 7.81. The Morgan fingerprint density at radius 2 is 2.38 bits per heavy atom. The summed E-state index contributed by atoms with van der Waals surface area (Å²) in [6.07, 6.45) is 2.03. The van der Waals surface area contributed by atoms with E-state index in [0.717, 1.165) is 34.8 Å². The predicted molar refractivity (Wildman–Crippen MR) is 65.1 cm³/mol. The lowest BCUT2D eigenvalue weighted by Gasteiger charge is -2.25. The normalized spacial score (nSPS) is 16.4. The number of methoxy groups -OCH3 is 1. The van der Waals surface area contributed by atoms with Gasteiger partial charge in [-0.15, -0.1) is 0 Å². The lowest BCUT2D eigenvalue weighted by atomic mass is 10.0. The third-order valence-corrected chi connectivity index (χ3v) is 3.53. The fourth-order valence-corrected chi connectivity index (χ4v) is 2.58. The zero-order chi connectivity index (χ0) is 11.1. The van der Waals surface area contributed by atoms with E-state index in [9.17, 15) is 0 Å². The van der Waals surface area contributed by atoms with Crippen molar-refractivity contribution in [3.63, 3.8) is 0 Å². The van der Waals surface area contributed by atoms with E-state index in [1.807, 2.05) is 18.3 Å². The van der Waals surface area contributed by atoms with Crippen LogP contribution in [0.15, 0.2) is 22.9 Å². The van der Waals surface area contributed by atoms with Gasteiger partial charge in [-0.2, -0.15) is 0 Å². The first kappa shape index (κ1) is 10.1. The van der Waals surface area contributed by atoms with Crippen LogP contribution in [-0.2, 0) is 0 Å². The molecule has 1 aliphatic rings. The van der Waals surface area contributed by atoms with E-state index in [1.165, 1.54) is 0 Å². The maximum absolute atomic E-state index is 5.35. The number of halogens is 1. The molecule has 1 aliphatic heterocycles. The number of ether oxygens (including phenoxy) is 1. The number of nitrogens with zero attached hydrogens (tertiary/aromatic N) is 2. The van der Waals surface area contributed by atoms with Gasteiger partial charge in [0.15, 0.2) is 0 Å². The van der Waals surface area contributed by atoms with Crippen LogP contribution in [0.4, 0.5) is 0 Å². The van der Waals surface area contributed by atoms with Crippen LogP contribution in [-0.4, -0.2) is 29.6 Å². The monoisotopic (exact) mass is 281 g/mol. The van der Waals surface area contributed by atoms with Gasteiger partial charge in [-0.05, 0) is 28.1 Å². The third-order valence-electron chi connectivity index (χ3n) is 2.98. The van der Waals surface area contributed by atoms with Gasteiger partial charge in [-0.1, -0.05) is 0 Å². The SMILES string of the molecule is COc1cccn2c(C3CNC3)nc(Br)c12. The van der Waals surface area contributed by atoms with E-state index >= 15 is 0 Å². The summed E-state index contributed by atoms with van der Waals surface area (Å²) in [5, 5.41) is 3.26. The summed E-state index contributed by atoms with van der Waals surface area (Å²) in [6, 6.07) is 3.93. The molecule has 0 bridgehead atoms. The number of rotatable bonds is 2. The number of aromatic nitrogens is 2. The summed E-state index contributed by atoms with van der Waals surface area (Å²) < 4.78 is 8.31. The first-order valence-electron chi connectivity index (χ1n) is 5.22. The second-order valence-electron chi connectivity index (χ2n) is 3.91. The van der Waals surface area contributed by atoms with Crippen LogP contribution in [0.25, 0.3) is 5.52 Å². The molecule has 0 unspecified atom stereocenters. The summed E-state index contributed by atoms with van der Waals surface area (Å²) in [5.41, 5.74) is 1.01. The Morgan fingerprint density at radius 3 is 3.00 bits per heavy atom. The van der Waals surface area contributed by atoms with Crippen LogP contribution in [0.1, 0.15) is 11.7 Å². The Labute approximate surface area is 102 Å². The third kappa shape index (κ3) is 1.35. The Morgan fingerprint density at radius 1 is 1.56 bits per heavy atom. The Hall–Kier alpha value is -1.07. The molecule has 2 aromatic heterocycles. The number of imidazole rings is 1. The molecule has 0 aromatic carbocycles. The van der Waals surface area contributed by atoms with Crippen LogP contribution in [0.2, 0.25) is 0 Å². The van der Waals surface area contributed by atoms with Gasteiger partial charge in [0, 0.05) is 25.2 Å². The predicted octanol–water partition coefficient (Wildman–Crippen LogP) is 1.79. The van der Waals surface area contributed by atoms with Crippen LogP contribution in [0, 0.1) is 0 Å². The van der Waals surface area contributed by atoms with Crippen LogP contribution in [0.5, 0.6) is 5.75 Å². The number of hydrogen-bond acceptors (Lipinski definition) is 3. The zero-order valence-electron chi connectivity index (χ0n) is 8.90. The van der Waals surface area contributed by atoms with Gasteiger partial charge in [0.25, 0.3) is 0 Å². The maximum Gasteiger partial charge on any atom is 0.145 e. The highest BCUT2D eigenvalue weighted by molar-refractivity contribution is 9.10. The Balaban J connectivity index is 2.24. The van der Waals surface area contributed by atoms with Gasteiger partial charge < -0.3 is 10.1 Å². The molecule has 3 rings (SSSR count). The molecule has 3 heterocycles. The quantitative estimate of drug-likeness (QED) is 0.912. The van der Waals surface area contributed by atoms with Crippen molar-refractivity contribution < 1.29 is 4.74 Å². The lowest BCUT2D eigenvalue weighted by molar-refractivity contribution is 0.415. The van der Waals surface area contributed by atoms with Gasteiger partial charge in [0.2, 0.25) is 0 Å². The highest BCUT2D eigenvalue weighted by Gasteiger charge is 2.25. The summed E-state index contributed by atoms with van der Waals surface area (Å²) in [6.45, 7) is 2.01. The highest BCUT2D eigenvalue weighted by atomic mass is 79.9. The second-order valence-corrected chi connectivity index (χ2v) is 4.66. The zero-order valence-corrected chi connectivity index (χ0v) is 10.5. The van der Waals surface area contributed by atoms with Gasteiger partial charge in [0.05, 0.1) is 7.11 Å². The van der Waals surface area contributed by atoms with E-state index < -0.39 is 0 Å². The first-order valence-corrected chi connectivity index (χ1v) is 6.01. The second kappa shape index (κ2) is 3.75. The van der Waals surface area contributed by atoms with Crippen molar-refractivity contribution in [3.8, 4) is 5.75 Å². The van der Waals surface area contributed by atoms with Gasteiger partial charge >= 0.3 is 0 Å². The Kier molecular flexibility index (Phi) is 2.37. The van der Waals surface area contributed by atoms with Crippen molar-refractivity contribution in [2.45, 2.75) is 5.92 Å². The van der Waals surface area contributed by atoms with Crippen molar-refractivity contribution in [1.82, 2.24) is 14.7 Å². The summed E-state index contributed by atoms with van der Waals surface area (Å²) >= 11 is 3.50. The van der Waals surface area contributed by atoms with Crippen molar-refractivity contribution in [2.75, 3.05) is 20.2 Å². The van der Waals surface area contributed by atoms with Crippen molar-refractivity contribution >= 4 is 21.4 Å². The average molecular weight is 282 g/mol. The molecule has 0 radical (unpaired) electrons. The van der Waals surface area contributed by atoms with Gasteiger partial charge in [-0.25, -0.2) is 4.98 Å². The number of pyridine rings is 1. The molecule has 0 spiro atoms. The molecule has 0 atom stereocenters. The number of hydrogen-bond donors (Lipinski definition) is 1. The fourth-order valence-electron chi connectivity index (χ4n) is 2.01. The summed E-state index contributed by atoms with van der Waals surface area (Å²) in [5.74, 6) is 2.45. The summed E-state index contributed by atoms with van der Waals surface area (Å²) in [7, 11) is 1.68. The van der Waals surface area contributed by atoms with Crippen LogP contribution >= 0.6 is 15.9 Å². The minimum absolute atomic E-state index is 0.505.